The maximum Gasteiger partial charge on any atom is 0.0725 e. The van der Waals surface area contributed by atoms with Gasteiger partial charge < -0.3 is 0 Å². The van der Waals surface area contributed by atoms with Gasteiger partial charge in [-0.2, -0.15) is 0 Å². The largest absolute Gasteiger partial charge is 0.0725 e. The predicted molar refractivity (Wildman–Crippen MR) is 207 cm³/mol. The Labute approximate surface area is 294 Å². The molecule has 0 fully saturated rings. The molecule has 50 heavy (non-hydrogen) atoms. The van der Waals surface area contributed by atoms with Gasteiger partial charge in [-0.15, -0.1) is 0 Å². The van der Waals surface area contributed by atoms with Gasteiger partial charge in [-0.05, 0) is 83.5 Å². The van der Waals surface area contributed by atoms with Crippen LogP contribution in [0.25, 0.3) is 44.5 Å². The van der Waals surface area contributed by atoms with Gasteiger partial charge in [0.2, 0.25) is 0 Å². The van der Waals surface area contributed by atoms with Crippen LogP contribution < -0.4 is 0 Å². The first-order valence-electron chi connectivity index (χ1n) is 17.6. The fourth-order valence-corrected chi connectivity index (χ4v) is 8.87. The number of hydrogen-bond acceptors (Lipinski definition) is 0. The summed E-state index contributed by atoms with van der Waals surface area (Å²) < 4.78 is 0. The molecule has 0 saturated carbocycles. The zero-order valence-electron chi connectivity index (χ0n) is 27.6. The molecule has 0 amide bonds. The summed E-state index contributed by atoms with van der Waals surface area (Å²) in [7, 11) is 0. The molecule has 10 rings (SSSR count). The summed E-state index contributed by atoms with van der Waals surface area (Å²) in [6.07, 6.45) is 0. The number of rotatable bonds is 5. The van der Waals surface area contributed by atoms with Gasteiger partial charge in [0, 0.05) is 5.92 Å². The second-order valence-corrected chi connectivity index (χ2v) is 13.6. The van der Waals surface area contributed by atoms with Gasteiger partial charge in [0.15, 0.2) is 0 Å². The predicted octanol–water partition coefficient (Wildman–Crippen LogP) is 12.5. The third-order valence-electron chi connectivity index (χ3n) is 11.1. The monoisotopic (exact) mass is 634 g/mol. The summed E-state index contributed by atoms with van der Waals surface area (Å²) in [5, 5.41) is 0. The first-order valence-corrected chi connectivity index (χ1v) is 17.6. The molecule has 0 saturated heterocycles. The summed E-state index contributed by atoms with van der Waals surface area (Å²) >= 11 is 0. The first-order chi connectivity index (χ1) is 24.8. The molecule has 0 aliphatic heterocycles. The summed E-state index contributed by atoms with van der Waals surface area (Å²) in [4.78, 5) is 0. The Morgan fingerprint density at radius 1 is 0.260 bits per heavy atom. The number of benzene rings is 8. The Bertz CT molecular complexity index is 2360. The van der Waals surface area contributed by atoms with Crippen LogP contribution in [0.4, 0.5) is 0 Å². The highest BCUT2D eigenvalue weighted by atomic mass is 14.5. The minimum Gasteiger partial charge on any atom is -0.0622 e. The molecule has 0 N–H and O–H groups in total. The van der Waals surface area contributed by atoms with Crippen molar-refractivity contribution in [3.8, 4) is 44.5 Å². The average Bonchev–Trinajstić information content (AvgIpc) is 3.66. The topological polar surface area (TPSA) is 0 Å². The molecular weight excluding hydrogens is 601 g/mol. The zero-order valence-corrected chi connectivity index (χ0v) is 27.6. The molecule has 0 aromatic heterocycles. The molecule has 2 aliphatic carbocycles. The van der Waals surface area contributed by atoms with Crippen LogP contribution in [0.3, 0.4) is 0 Å². The Kier molecular flexibility index (Phi) is 6.57. The molecule has 0 heteroatoms. The minimum atomic E-state index is -0.367. The lowest BCUT2D eigenvalue weighted by Crippen LogP contribution is -2.26. The lowest BCUT2D eigenvalue weighted by Gasteiger charge is -2.31. The van der Waals surface area contributed by atoms with Crippen molar-refractivity contribution in [1.82, 2.24) is 0 Å². The van der Waals surface area contributed by atoms with Crippen molar-refractivity contribution < 1.29 is 0 Å². The van der Waals surface area contributed by atoms with Gasteiger partial charge in [0.1, 0.15) is 0 Å². The minimum absolute atomic E-state index is 0.0580. The normalized spacial score (nSPS) is 13.1. The quantitative estimate of drug-likeness (QED) is 0.165. The summed E-state index contributed by atoms with van der Waals surface area (Å²) in [5.41, 5.74) is 19.3. The van der Waals surface area contributed by atoms with Gasteiger partial charge in [-0.25, -0.2) is 0 Å². The number of hydrogen-bond donors (Lipinski definition) is 0. The van der Waals surface area contributed by atoms with Crippen LogP contribution in [-0.4, -0.2) is 0 Å². The average molecular weight is 635 g/mol. The molecule has 0 heterocycles. The molecule has 234 valence electrons. The standard InChI is InChI=1S/C50H34/c1-3-13-34(14-4-1)36-23-27-38(28-24-36)49(39-29-25-37(26-30-39)35-15-5-2-6-16-35)40-31-32-44-43-19-9-12-22-47(43)50(48(44)33-40)45-20-10-7-17-41(45)42-18-8-11-21-46(42)50/h1-33,49H. The van der Waals surface area contributed by atoms with Crippen molar-refractivity contribution in [3.05, 3.63) is 239 Å². The van der Waals surface area contributed by atoms with Crippen molar-refractivity contribution >= 4 is 0 Å². The van der Waals surface area contributed by atoms with Crippen LogP contribution in [0.2, 0.25) is 0 Å². The lowest BCUT2D eigenvalue weighted by atomic mass is 9.70. The number of fused-ring (bicyclic) bond motifs is 10. The molecule has 8 aromatic rings. The van der Waals surface area contributed by atoms with Gasteiger partial charge >= 0.3 is 0 Å². The van der Waals surface area contributed by atoms with E-state index in [2.05, 4.69) is 200 Å². The van der Waals surface area contributed by atoms with Crippen LogP contribution in [0.1, 0.15) is 44.9 Å². The van der Waals surface area contributed by atoms with E-state index in [0.29, 0.717) is 0 Å². The molecule has 0 nitrogen and oxygen atoms in total. The highest BCUT2D eigenvalue weighted by Crippen LogP contribution is 2.63. The Morgan fingerprint density at radius 3 is 1.04 bits per heavy atom. The van der Waals surface area contributed by atoms with Crippen LogP contribution in [0.5, 0.6) is 0 Å². The second-order valence-electron chi connectivity index (χ2n) is 13.6. The highest BCUT2D eigenvalue weighted by Gasteiger charge is 2.51. The fourth-order valence-electron chi connectivity index (χ4n) is 8.87. The van der Waals surface area contributed by atoms with Crippen LogP contribution in [0, 0.1) is 0 Å². The van der Waals surface area contributed by atoms with Crippen molar-refractivity contribution in [2.24, 2.45) is 0 Å². The van der Waals surface area contributed by atoms with Gasteiger partial charge in [0.05, 0.1) is 5.41 Å². The molecule has 1 spiro atoms. The molecule has 0 unspecified atom stereocenters. The second kappa shape index (κ2) is 11.4. The lowest BCUT2D eigenvalue weighted by molar-refractivity contribution is 0.789. The molecular formula is C50H34. The van der Waals surface area contributed by atoms with E-state index in [4.69, 9.17) is 0 Å². The van der Waals surface area contributed by atoms with Crippen molar-refractivity contribution in [1.29, 1.82) is 0 Å². The third-order valence-corrected chi connectivity index (χ3v) is 11.1. The van der Waals surface area contributed by atoms with Gasteiger partial charge in [-0.3, -0.25) is 0 Å². The molecule has 0 atom stereocenters. The first kappa shape index (κ1) is 28.7. The van der Waals surface area contributed by atoms with Gasteiger partial charge in [-0.1, -0.05) is 200 Å². The van der Waals surface area contributed by atoms with Crippen LogP contribution in [0.15, 0.2) is 200 Å². The molecule has 2 aliphatic rings. The smallest absolute Gasteiger partial charge is 0.0622 e. The highest BCUT2D eigenvalue weighted by molar-refractivity contribution is 5.95. The van der Waals surface area contributed by atoms with Crippen LogP contribution >= 0.6 is 0 Å². The van der Waals surface area contributed by atoms with E-state index in [1.807, 2.05) is 0 Å². The van der Waals surface area contributed by atoms with Crippen molar-refractivity contribution in [2.75, 3.05) is 0 Å². The summed E-state index contributed by atoms with van der Waals surface area (Å²) in [6, 6.07) is 74.3. The zero-order chi connectivity index (χ0) is 33.1. The van der Waals surface area contributed by atoms with Crippen LogP contribution in [-0.2, 0) is 5.41 Å². The maximum absolute atomic E-state index is 2.54. The molecule has 8 aromatic carbocycles. The van der Waals surface area contributed by atoms with E-state index in [0.717, 1.165) is 0 Å². The van der Waals surface area contributed by atoms with E-state index in [1.54, 1.807) is 0 Å². The van der Waals surface area contributed by atoms with E-state index in [-0.39, 0.29) is 11.3 Å². The Balaban J connectivity index is 1.18. The summed E-state index contributed by atoms with van der Waals surface area (Å²) in [5.74, 6) is 0.0580. The Hall–Kier alpha value is -6.24. The van der Waals surface area contributed by atoms with E-state index in [9.17, 15) is 0 Å². The van der Waals surface area contributed by atoms with Crippen molar-refractivity contribution in [3.63, 3.8) is 0 Å². The molecule has 0 bridgehead atoms. The van der Waals surface area contributed by atoms with Gasteiger partial charge in [0.25, 0.3) is 0 Å². The Morgan fingerprint density at radius 2 is 0.600 bits per heavy atom. The SMILES string of the molecule is c1ccc(-c2ccc(C(c3ccc(-c4ccccc4)cc3)c3ccc4c(c3)C3(c5ccccc5-c5ccccc53)c3ccccc3-4)cc2)cc1. The van der Waals surface area contributed by atoms with E-state index < -0.39 is 0 Å². The maximum atomic E-state index is 2.54. The third kappa shape index (κ3) is 4.25. The van der Waals surface area contributed by atoms with E-state index in [1.165, 1.54) is 83.5 Å². The molecule has 0 radical (unpaired) electrons. The van der Waals surface area contributed by atoms with E-state index >= 15 is 0 Å². The fraction of sp³-hybridized carbons (Fsp3) is 0.0400. The summed E-state index contributed by atoms with van der Waals surface area (Å²) in [6.45, 7) is 0. The van der Waals surface area contributed by atoms with Crippen molar-refractivity contribution in [2.45, 2.75) is 11.3 Å².